The van der Waals surface area contributed by atoms with E-state index in [9.17, 15) is 13.2 Å². The molecule has 0 atom stereocenters. The maximum Gasteiger partial charge on any atom is 0.425 e. The Bertz CT molecular complexity index is 700. The van der Waals surface area contributed by atoms with E-state index in [0.29, 0.717) is 17.0 Å². The van der Waals surface area contributed by atoms with Gasteiger partial charge in [0, 0.05) is 4.90 Å². The van der Waals surface area contributed by atoms with E-state index in [1.165, 1.54) is 16.7 Å². The number of halogens is 4. The maximum absolute atomic E-state index is 12.8. The van der Waals surface area contributed by atoms with Gasteiger partial charge >= 0.3 is 6.18 Å². The van der Waals surface area contributed by atoms with Gasteiger partial charge in [-0.1, -0.05) is 17.7 Å². The second-order valence-electron chi connectivity index (χ2n) is 4.19. The first kappa shape index (κ1) is 17.0. The number of benzene rings is 1. The minimum atomic E-state index is -4.49. The van der Waals surface area contributed by atoms with Gasteiger partial charge < -0.3 is 5.73 Å². The van der Waals surface area contributed by atoms with Crippen molar-refractivity contribution in [2.45, 2.75) is 11.1 Å². The van der Waals surface area contributed by atoms with Crippen molar-refractivity contribution < 1.29 is 13.2 Å². The topological polar surface area (TPSA) is 53.1 Å². The van der Waals surface area contributed by atoms with Crippen molar-refractivity contribution in [3.8, 4) is 0 Å². The number of nitrogens with two attached hydrogens (primary N) is 1. The minimum absolute atomic E-state index is 0.0461. The Morgan fingerprint density at radius 3 is 2.55 bits per heavy atom. The predicted octanol–water partition coefficient (Wildman–Crippen LogP) is 5.17. The minimum Gasteiger partial charge on any atom is -0.369 e. The normalized spacial score (nSPS) is 11.5. The molecule has 0 spiro atoms. The molecule has 0 saturated heterocycles. The summed E-state index contributed by atoms with van der Waals surface area (Å²) >= 11 is 7.82. The first-order chi connectivity index (χ1) is 10.2. The molecule has 0 fully saturated rings. The molecule has 0 bridgehead atoms. The molecule has 2 rings (SSSR count). The number of hydrogen-bond acceptors (Lipinski definition) is 3. The lowest BCUT2D eigenvalue weighted by Gasteiger charge is -2.22. The Morgan fingerprint density at radius 2 is 2.05 bits per heavy atom. The summed E-state index contributed by atoms with van der Waals surface area (Å²) in [7, 11) is 0. The fourth-order valence-corrected chi connectivity index (χ4v) is 3.38. The Kier molecular flexibility index (Phi) is 4.93. The lowest BCUT2D eigenvalue weighted by molar-refractivity contribution is -0.134. The summed E-state index contributed by atoms with van der Waals surface area (Å²) in [6.45, 7) is 0. The van der Waals surface area contributed by atoms with E-state index in [1.54, 1.807) is 18.2 Å². The highest BCUT2D eigenvalue weighted by atomic mass is 35.5. The third-order valence-corrected chi connectivity index (χ3v) is 4.85. The van der Waals surface area contributed by atoms with Gasteiger partial charge in [-0.3, -0.25) is 10.3 Å². The summed E-state index contributed by atoms with van der Waals surface area (Å²) in [5.74, 6) is -0.410. The van der Waals surface area contributed by atoms with E-state index in [-0.39, 0.29) is 10.0 Å². The SMILES string of the molecule is CSc1cccc(N(C(=N)N)c2cc(C(F)(F)F)sc2Cl)c1. The van der Waals surface area contributed by atoms with Crippen LogP contribution in [-0.4, -0.2) is 12.2 Å². The van der Waals surface area contributed by atoms with Crippen LogP contribution in [0.2, 0.25) is 4.34 Å². The van der Waals surface area contributed by atoms with E-state index < -0.39 is 17.0 Å². The van der Waals surface area contributed by atoms with Gasteiger partial charge in [-0.05, 0) is 30.5 Å². The van der Waals surface area contributed by atoms with Gasteiger partial charge in [-0.15, -0.1) is 23.1 Å². The number of guanidine groups is 1. The monoisotopic (exact) mass is 365 g/mol. The number of thioether (sulfide) groups is 1. The van der Waals surface area contributed by atoms with Crippen molar-refractivity contribution in [2.24, 2.45) is 5.73 Å². The van der Waals surface area contributed by atoms with Crippen LogP contribution in [0.4, 0.5) is 24.5 Å². The van der Waals surface area contributed by atoms with Crippen LogP contribution in [0.25, 0.3) is 0 Å². The smallest absolute Gasteiger partial charge is 0.369 e. The lowest BCUT2D eigenvalue weighted by Crippen LogP contribution is -2.32. The van der Waals surface area contributed by atoms with Crippen LogP contribution in [0.5, 0.6) is 0 Å². The van der Waals surface area contributed by atoms with E-state index in [2.05, 4.69) is 0 Å². The molecule has 2 aromatic rings. The van der Waals surface area contributed by atoms with Gasteiger partial charge in [-0.2, -0.15) is 13.2 Å². The molecule has 3 N–H and O–H groups in total. The number of nitrogens with one attached hydrogen (secondary N) is 1. The Labute approximate surface area is 138 Å². The van der Waals surface area contributed by atoms with Crippen molar-refractivity contribution in [1.29, 1.82) is 5.41 Å². The second kappa shape index (κ2) is 6.39. The van der Waals surface area contributed by atoms with Crippen LogP contribution >= 0.6 is 34.7 Å². The highest BCUT2D eigenvalue weighted by Crippen LogP contribution is 2.44. The van der Waals surface area contributed by atoms with E-state index in [4.69, 9.17) is 22.7 Å². The van der Waals surface area contributed by atoms with Crippen LogP contribution in [0.3, 0.4) is 0 Å². The van der Waals surface area contributed by atoms with Gasteiger partial charge in [0.2, 0.25) is 0 Å². The molecule has 0 radical (unpaired) electrons. The zero-order valence-corrected chi connectivity index (χ0v) is 13.6. The molecule has 1 aromatic heterocycles. The molecule has 0 amide bonds. The highest BCUT2D eigenvalue weighted by Gasteiger charge is 2.35. The summed E-state index contributed by atoms with van der Waals surface area (Å²) in [6, 6.07) is 7.88. The first-order valence-electron chi connectivity index (χ1n) is 5.88. The van der Waals surface area contributed by atoms with Crippen LogP contribution < -0.4 is 10.6 Å². The summed E-state index contributed by atoms with van der Waals surface area (Å²) in [4.78, 5) is 1.25. The summed E-state index contributed by atoms with van der Waals surface area (Å²) in [6.07, 6.45) is -2.62. The lowest BCUT2D eigenvalue weighted by atomic mass is 10.2. The number of anilines is 2. The summed E-state index contributed by atoms with van der Waals surface area (Å²) in [5, 5.41) is 7.68. The first-order valence-corrected chi connectivity index (χ1v) is 8.30. The van der Waals surface area contributed by atoms with Crippen LogP contribution in [0.1, 0.15) is 4.88 Å². The van der Waals surface area contributed by atoms with Crippen molar-refractivity contribution >= 4 is 52.0 Å². The number of hydrogen-bond donors (Lipinski definition) is 2. The van der Waals surface area contributed by atoms with Crippen molar-refractivity contribution in [3.63, 3.8) is 0 Å². The molecule has 22 heavy (non-hydrogen) atoms. The van der Waals surface area contributed by atoms with Crippen molar-refractivity contribution in [2.75, 3.05) is 11.2 Å². The third-order valence-electron chi connectivity index (χ3n) is 2.74. The molecule has 3 nitrogen and oxygen atoms in total. The average molecular weight is 366 g/mol. The molecule has 0 aliphatic heterocycles. The largest absolute Gasteiger partial charge is 0.425 e. The molecule has 0 aliphatic carbocycles. The molecular formula is C13H11ClF3N3S2. The Hall–Kier alpha value is -1.38. The fraction of sp³-hybridized carbons (Fsp3) is 0.154. The summed E-state index contributed by atoms with van der Waals surface area (Å²) < 4.78 is 38.4. The molecule has 0 saturated carbocycles. The zero-order valence-electron chi connectivity index (χ0n) is 11.2. The maximum atomic E-state index is 12.8. The van der Waals surface area contributed by atoms with Crippen LogP contribution in [-0.2, 0) is 6.18 Å². The van der Waals surface area contributed by atoms with E-state index in [0.717, 1.165) is 11.0 Å². The molecule has 9 heteroatoms. The number of thiophene rings is 1. The van der Waals surface area contributed by atoms with E-state index >= 15 is 0 Å². The number of rotatable bonds is 3. The molecule has 0 unspecified atom stereocenters. The average Bonchev–Trinajstić information content (AvgIpc) is 2.81. The van der Waals surface area contributed by atoms with Crippen LogP contribution in [0, 0.1) is 5.41 Å². The quantitative estimate of drug-likeness (QED) is 0.448. The molecule has 1 aromatic carbocycles. The fourth-order valence-electron chi connectivity index (χ4n) is 1.81. The van der Waals surface area contributed by atoms with Crippen molar-refractivity contribution in [3.05, 3.63) is 39.5 Å². The number of alkyl halides is 3. The second-order valence-corrected chi connectivity index (χ2v) is 6.72. The third kappa shape index (κ3) is 3.50. The predicted molar refractivity (Wildman–Crippen MR) is 86.6 cm³/mol. The molecule has 0 aliphatic rings. The standard InChI is InChI=1S/C13H11ClF3N3S2/c1-21-8-4-2-3-7(5-8)20(12(18)19)9-6-10(13(15,16)17)22-11(9)14/h2-6H,1H3,(H3,18,19). The molecule has 118 valence electrons. The van der Waals surface area contributed by atoms with Gasteiger partial charge in [-0.25, -0.2) is 0 Å². The van der Waals surface area contributed by atoms with Gasteiger partial charge in [0.1, 0.15) is 9.21 Å². The van der Waals surface area contributed by atoms with Crippen molar-refractivity contribution in [1.82, 2.24) is 0 Å². The van der Waals surface area contributed by atoms with Gasteiger partial charge in [0.25, 0.3) is 0 Å². The zero-order chi connectivity index (χ0) is 16.5. The van der Waals surface area contributed by atoms with Gasteiger partial charge in [0.05, 0.1) is 11.4 Å². The van der Waals surface area contributed by atoms with E-state index in [1.807, 2.05) is 12.3 Å². The molecule has 1 heterocycles. The Morgan fingerprint density at radius 1 is 1.36 bits per heavy atom. The Balaban J connectivity index is 2.53. The highest BCUT2D eigenvalue weighted by molar-refractivity contribution is 7.98. The van der Waals surface area contributed by atoms with Gasteiger partial charge in [0.15, 0.2) is 5.96 Å². The van der Waals surface area contributed by atoms with Crippen LogP contribution in [0.15, 0.2) is 35.2 Å². The molecular weight excluding hydrogens is 355 g/mol. The number of nitrogens with zero attached hydrogens (tertiary/aromatic N) is 1. The summed E-state index contributed by atoms with van der Waals surface area (Å²) in [5.41, 5.74) is 6.07.